The molecule has 3 heterocycles. The molecular formula is C22H27N5O. The van der Waals surface area contributed by atoms with E-state index in [0.29, 0.717) is 12.4 Å². The van der Waals surface area contributed by atoms with Crippen molar-refractivity contribution in [3.8, 4) is 11.3 Å². The first-order valence-electron chi connectivity index (χ1n) is 10.0. The SMILES string of the molecule is N=C(/C=C\c1ncc(-c2cccc3[nH]ccc23)[nH]1)OCCCN1CCCCC1. The van der Waals surface area contributed by atoms with E-state index in [-0.39, 0.29) is 5.90 Å². The standard InChI is InChI=1S/C22H27N5O/c23-21(28-15-5-14-27-12-2-1-3-13-27)8-9-22-25-16-20(26-22)17-6-4-7-19-18(17)10-11-24-19/h4,6-11,16,23-24H,1-3,5,12-15H2,(H,25,26)/b9-8-,23-21?. The molecule has 1 aliphatic heterocycles. The second-order valence-electron chi connectivity index (χ2n) is 7.23. The number of aromatic nitrogens is 3. The van der Waals surface area contributed by atoms with Gasteiger partial charge in [0, 0.05) is 35.3 Å². The van der Waals surface area contributed by atoms with Gasteiger partial charge in [0.2, 0.25) is 5.90 Å². The molecule has 4 rings (SSSR count). The van der Waals surface area contributed by atoms with Crippen LogP contribution in [0.25, 0.3) is 28.2 Å². The third-order valence-electron chi connectivity index (χ3n) is 5.20. The number of fused-ring (bicyclic) bond motifs is 1. The van der Waals surface area contributed by atoms with E-state index in [1.165, 1.54) is 32.4 Å². The number of H-pyrrole nitrogens is 2. The van der Waals surface area contributed by atoms with Crippen molar-refractivity contribution >= 4 is 22.9 Å². The summed E-state index contributed by atoms with van der Waals surface area (Å²) in [6, 6.07) is 8.22. The minimum Gasteiger partial charge on any atom is -0.478 e. The molecule has 0 saturated carbocycles. The van der Waals surface area contributed by atoms with Gasteiger partial charge in [-0.2, -0.15) is 0 Å². The smallest absolute Gasteiger partial charge is 0.205 e. The molecule has 0 aliphatic carbocycles. The number of imidazole rings is 1. The van der Waals surface area contributed by atoms with Gasteiger partial charge in [-0.1, -0.05) is 18.6 Å². The number of rotatable bonds is 7. The molecule has 1 aliphatic rings. The molecule has 0 bridgehead atoms. The van der Waals surface area contributed by atoms with E-state index in [4.69, 9.17) is 10.1 Å². The Kier molecular flexibility index (Phi) is 5.87. The molecule has 3 aromatic rings. The average molecular weight is 377 g/mol. The Labute approximate surface area is 165 Å². The largest absolute Gasteiger partial charge is 0.478 e. The monoisotopic (exact) mass is 377 g/mol. The molecule has 28 heavy (non-hydrogen) atoms. The normalized spacial score (nSPS) is 15.4. The van der Waals surface area contributed by atoms with Crippen molar-refractivity contribution in [3.63, 3.8) is 0 Å². The minimum atomic E-state index is 0.171. The van der Waals surface area contributed by atoms with Crippen LogP contribution in [0.5, 0.6) is 0 Å². The molecule has 0 radical (unpaired) electrons. The Hall–Kier alpha value is -2.86. The summed E-state index contributed by atoms with van der Waals surface area (Å²) in [4.78, 5) is 13.4. The summed E-state index contributed by atoms with van der Waals surface area (Å²) < 4.78 is 5.52. The number of likely N-dealkylation sites (tertiary alicyclic amines) is 1. The minimum absolute atomic E-state index is 0.171. The van der Waals surface area contributed by atoms with E-state index >= 15 is 0 Å². The molecule has 6 nitrogen and oxygen atoms in total. The average Bonchev–Trinajstić information content (AvgIpc) is 3.39. The Morgan fingerprint density at radius 1 is 1.21 bits per heavy atom. The maximum Gasteiger partial charge on any atom is 0.205 e. The maximum absolute atomic E-state index is 7.95. The zero-order valence-electron chi connectivity index (χ0n) is 16.1. The van der Waals surface area contributed by atoms with E-state index in [0.717, 1.165) is 35.1 Å². The molecule has 1 fully saturated rings. The van der Waals surface area contributed by atoms with Gasteiger partial charge in [0.05, 0.1) is 18.5 Å². The van der Waals surface area contributed by atoms with Gasteiger partial charge in [-0.15, -0.1) is 0 Å². The highest BCUT2D eigenvalue weighted by atomic mass is 16.5. The lowest BCUT2D eigenvalue weighted by Gasteiger charge is -2.26. The van der Waals surface area contributed by atoms with E-state index in [1.54, 1.807) is 12.2 Å². The first-order chi connectivity index (χ1) is 13.8. The van der Waals surface area contributed by atoms with Crippen LogP contribution in [0, 0.1) is 5.41 Å². The number of aromatic amines is 2. The molecule has 1 aromatic carbocycles. The lowest BCUT2D eigenvalue weighted by atomic mass is 10.1. The molecular weight excluding hydrogens is 350 g/mol. The van der Waals surface area contributed by atoms with Crippen LogP contribution < -0.4 is 0 Å². The van der Waals surface area contributed by atoms with Crippen LogP contribution in [0.4, 0.5) is 0 Å². The van der Waals surface area contributed by atoms with E-state index < -0.39 is 0 Å². The molecule has 0 unspecified atom stereocenters. The van der Waals surface area contributed by atoms with Gasteiger partial charge in [-0.25, -0.2) is 4.98 Å². The lowest BCUT2D eigenvalue weighted by Crippen LogP contribution is -2.31. The first-order valence-corrected chi connectivity index (χ1v) is 10.0. The Morgan fingerprint density at radius 2 is 2.11 bits per heavy atom. The number of piperidine rings is 1. The zero-order valence-corrected chi connectivity index (χ0v) is 16.1. The maximum atomic E-state index is 7.95. The molecule has 0 spiro atoms. The summed E-state index contributed by atoms with van der Waals surface area (Å²) in [5.74, 6) is 0.883. The molecule has 146 valence electrons. The third kappa shape index (κ3) is 4.51. The molecule has 3 N–H and O–H groups in total. The van der Waals surface area contributed by atoms with E-state index in [9.17, 15) is 0 Å². The van der Waals surface area contributed by atoms with Crippen LogP contribution in [0.2, 0.25) is 0 Å². The summed E-state index contributed by atoms with van der Waals surface area (Å²) >= 11 is 0. The van der Waals surface area contributed by atoms with Crippen LogP contribution >= 0.6 is 0 Å². The predicted octanol–water partition coefficient (Wildman–Crippen LogP) is 4.44. The Balaban J connectivity index is 1.28. The van der Waals surface area contributed by atoms with Gasteiger partial charge < -0.3 is 19.6 Å². The van der Waals surface area contributed by atoms with Crippen molar-refractivity contribution in [3.05, 3.63) is 48.6 Å². The van der Waals surface area contributed by atoms with Crippen LogP contribution in [-0.4, -0.2) is 52.0 Å². The van der Waals surface area contributed by atoms with Gasteiger partial charge in [-0.3, -0.25) is 5.41 Å². The highest BCUT2D eigenvalue weighted by Gasteiger charge is 2.09. The lowest BCUT2D eigenvalue weighted by molar-refractivity contribution is 0.202. The summed E-state index contributed by atoms with van der Waals surface area (Å²) in [5.41, 5.74) is 3.16. The highest BCUT2D eigenvalue weighted by molar-refractivity contribution is 5.94. The topological polar surface area (TPSA) is 80.8 Å². The number of hydrogen-bond acceptors (Lipinski definition) is 4. The molecule has 6 heteroatoms. The van der Waals surface area contributed by atoms with Crippen molar-refractivity contribution in [2.24, 2.45) is 0 Å². The zero-order chi connectivity index (χ0) is 19.2. The van der Waals surface area contributed by atoms with Gasteiger partial charge in [0.1, 0.15) is 5.82 Å². The quantitative estimate of drug-likeness (QED) is 0.323. The number of nitrogens with zero attached hydrogens (tertiary/aromatic N) is 2. The second-order valence-corrected chi connectivity index (χ2v) is 7.23. The molecule has 0 amide bonds. The Bertz CT molecular complexity index is 949. The van der Waals surface area contributed by atoms with Crippen molar-refractivity contribution < 1.29 is 4.74 Å². The van der Waals surface area contributed by atoms with Gasteiger partial charge in [0.15, 0.2) is 0 Å². The van der Waals surface area contributed by atoms with E-state index in [2.05, 4.69) is 38.1 Å². The van der Waals surface area contributed by atoms with Crippen molar-refractivity contribution in [1.29, 1.82) is 5.41 Å². The molecule has 1 saturated heterocycles. The molecule has 0 atom stereocenters. The summed E-state index contributed by atoms with van der Waals surface area (Å²) in [6.45, 7) is 4.05. The van der Waals surface area contributed by atoms with Gasteiger partial charge >= 0.3 is 0 Å². The molecule has 2 aromatic heterocycles. The van der Waals surface area contributed by atoms with E-state index in [1.807, 2.05) is 18.5 Å². The summed E-state index contributed by atoms with van der Waals surface area (Å²) in [6.07, 6.45) is 12.1. The number of benzene rings is 1. The fourth-order valence-electron chi connectivity index (χ4n) is 3.73. The fraction of sp³-hybridized carbons (Fsp3) is 0.364. The summed E-state index contributed by atoms with van der Waals surface area (Å²) in [7, 11) is 0. The summed E-state index contributed by atoms with van der Waals surface area (Å²) in [5, 5.41) is 9.11. The van der Waals surface area contributed by atoms with Crippen LogP contribution in [0.15, 0.2) is 42.7 Å². The predicted molar refractivity (Wildman–Crippen MR) is 114 cm³/mol. The van der Waals surface area contributed by atoms with Crippen LogP contribution in [0.1, 0.15) is 31.5 Å². The van der Waals surface area contributed by atoms with Crippen molar-refractivity contribution in [2.75, 3.05) is 26.2 Å². The van der Waals surface area contributed by atoms with Gasteiger partial charge in [0.25, 0.3) is 0 Å². The highest BCUT2D eigenvalue weighted by Crippen LogP contribution is 2.26. The van der Waals surface area contributed by atoms with Crippen LogP contribution in [0.3, 0.4) is 0 Å². The Morgan fingerprint density at radius 3 is 3.00 bits per heavy atom. The number of ether oxygens (including phenoxy) is 1. The van der Waals surface area contributed by atoms with Crippen molar-refractivity contribution in [1.82, 2.24) is 19.9 Å². The third-order valence-corrected chi connectivity index (χ3v) is 5.20. The van der Waals surface area contributed by atoms with Crippen molar-refractivity contribution in [2.45, 2.75) is 25.7 Å². The fourth-order valence-corrected chi connectivity index (χ4v) is 3.73. The number of hydrogen-bond donors (Lipinski definition) is 3. The van der Waals surface area contributed by atoms with Crippen LogP contribution in [-0.2, 0) is 4.74 Å². The van der Waals surface area contributed by atoms with Gasteiger partial charge in [-0.05, 0) is 50.6 Å². The number of nitrogens with one attached hydrogen (secondary N) is 3. The first kappa shape index (κ1) is 18.5. The second kappa shape index (κ2) is 8.89.